The van der Waals surface area contributed by atoms with Crippen LogP contribution >= 0.6 is 0 Å². The third-order valence-corrected chi connectivity index (χ3v) is 4.90. The van der Waals surface area contributed by atoms with Gasteiger partial charge < -0.3 is 20.4 Å². The third kappa shape index (κ3) is 2.25. The van der Waals surface area contributed by atoms with Crippen LogP contribution in [0.1, 0.15) is 36.5 Å². The maximum Gasteiger partial charge on any atom is 0.157 e. The van der Waals surface area contributed by atoms with Gasteiger partial charge in [0.15, 0.2) is 23.0 Å². The lowest BCUT2D eigenvalue weighted by molar-refractivity contribution is 0.321. The second-order valence-electron chi connectivity index (χ2n) is 6.31. The SMILES string of the molecule is C[C@H]1[C@H](c2ccc(O)c(O)c2)c2cc(O)c(O)cc2C[C@H]1C. The maximum atomic E-state index is 9.85. The fraction of sp³-hybridized carbons (Fsp3) is 0.333. The van der Waals surface area contributed by atoms with Gasteiger partial charge in [-0.05, 0) is 59.2 Å². The Kier molecular flexibility index (Phi) is 3.39. The van der Waals surface area contributed by atoms with E-state index in [9.17, 15) is 20.4 Å². The van der Waals surface area contributed by atoms with Crippen molar-refractivity contribution >= 4 is 0 Å². The Balaban J connectivity index is 2.17. The van der Waals surface area contributed by atoms with Crippen molar-refractivity contribution in [3.05, 3.63) is 47.0 Å². The van der Waals surface area contributed by atoms with Gasteiger partial charge in [0, 0.05) is 5.92 Å². The summed E-state index contributed by atoms with van der Waals surface area (Å²) in [4.78, 5) is 0. The van der Waals surface area contributed by atoms with Crippen molar-refractivity contribution < 1.29 is 20.4 Å². The highest BCUT2D eigenvalue weighted by atomic mass is 16.3. The predicted octanol–water partition coefficient (Wildman–Crippen LogP) is 3.47. The van der Waals surface area contributed by atoms with Crippen LogP contribution in [-0.4, -0.2) is 20.4 Å². The molecule has 4 heteroatoms. The molecule has 0 amide bonds. The van der Waals surface area contributed by atoms with Gasteiger partial charge in [-0.15, -0.1) is 0 Å². The van der Waals surface area contributed by atoms with Gasteiger partial charge in [0.1, 0.15) is 0 Å². The van der Waals surface area contributed by atoms with Crippen LogP contribution in [0, 0.1) is 11.8 Å². The van der Waals surface area contributed by atoms with Crippen LogP contribution in [0.25, 0.3) is 0 Å². The van der Waals surface area contributed by atoms with Gasteiger partial charge in [-0.2, -0.15) is 0 Å². The van der Waals surface area contributed by atoms with Crippen LogP contribution in [0.15, 0.2) is 30.3 Å². The number of fused-ring (bicyclic) bond motifs is 1. The fourth-order valence-electron chi connectivity index (χ4n) is 3.46. The largest absolute Gasteiger partial charge is 0.504 e. The summed E-state index contributed by atoms with van der Waals surface area (Å²) < 4.78 is 0. The summed E-state index contributed by atoms with van der Waals surface area (Å²) in [5.74, 6) is 0.178. The Labute approximate surface area is 129 Å². The molecule has 4 nitrogen and oxygen atoms in total. The zero-order valence-corrected chi connectivity index (χ0v) is 12.6. The lowest BCUT2D eigenvalue weighted by atomic mass is 9.68. The normalized spacial score (nSPS) is 24.0. The molecular weight excluding hydrogens is 280 g/mol. The molecule has 0 bridgehead atoms. The summed E-state index contributed by atoms with van der Waals surface area (Å²) in [6, 6.07) is 8.09. The zero-order valence-electron chi connectivity index (χ0n) is 12.6. The van der Waals surface area contributed by atoms with Crippen molar-refractivity contribution in [2.75, 3.05) is 0 Å². The molecule has 22 heavy (non-hydrogen) atoms. The first-order valence-electron chi connectivity index (χ1n) is 7.45. The predicted molar refractivity (Wildman–Crippen MR) is 83.4 cm³/mol. The van der Waals surface area contributed by atoms with E-state index in [4.69, 9.17) is 0 Å². The molecule has 0 saturated heterocycles. The van der Waals surface area contributed by atoms with E-state index in [0.29, 0.717) is 11.8 Å². The van der Waals surface area contributed by atoms with Gasteiger partial charge in [0.05, 0.1) is 0 Å². The molecule has 3 atom stereocenters. The number of benzene rings is 2. The molecule has 1 aliphatic carbocycles. The Morgan fingerprint density at radius 3 is 2.14 bits per heavy atom. The average molecular weight is 300 g/mol. The summed E-state index contributed by atoms with van der Waals surface area (Å²) in [5.41, 5.74) is 2.87. The fourth-order valence-corrected chi connectivity index (χ4v) is 3.46. The highest BCUT2D eigenvalue weighted by molar-refractivity contribution is 5.52. The molecule has 0 spiro atoms. The van der Waals surface area contributed by atoms with E-state index in [2.05, 4.69) is 13.8 Å². The molecule has 0 heterocycles. The quantitative estimate of drug-likeness (QED) is 0.608. The zero-order chi connectivity index (χ0) is 16.0. The third-order valence-electron chi connectivity index (χ3n) is 4.90. The van der Waals surface area contributed by atoms with Crippen molar-refractivity contribution in [1.29, 1.82) is 0 Å². The first kappa shape index (κ1) is 14.6. The molecule has 116 valence electrons. The number of phenols is 4. The molecule has 2 aromatic carbocycles. The molecule has 0 radical (unpaired) electrons. The summed E-state index contributed by atoms with van der Waals surface area (Å²) >= 11 is 0. The van der Waals surface area contributed by atoms with Crippen LogP contribution in [0.5, 0.6) is 23.0 Å². The highest BCUT2D eigenvalue weighted by Gasteiger charge is 2.33. The molecule has 1 aliphatic rings. The van der Waals surface area contributed by atoms with E-state index in [-0.39, 0.29) is 28.9 Å². The van der Waals surface area contributed by atoms with Crippen molar-refractivity contribution in [3.63, 3.8) is 0 Å². The smallest absolute Gasteiger partial charge is 0.157 e. The number of rotatable bonds is 1. The van der Waals surface area contributed by atoms with E-state index < -0.39 is 0 Å². The summed E-state index contributed by atoms with van der Waals surface area (Å²) in [5, 5.41) is 38.9. The number of hydrogen-bond donors (Lipinski definition) is 4. The minimum atomic E-state index is -0.146. The standard InChI is InChI=1S/C18H20O4/c1-9-5-12-7-16(21)17(22)8-13(12)18(10(9)2)11-3-4-14(19)15(20)6-11/h3-4,6-10,18-22H,5H2,1-2H3/t9-,10-,18-/m1/s1. The van der Waals surface area contributed by atoms with Crippen molar-refractivity contribution in [1.82, 2.24) is 0 Å². The molecule has 4 N–H and O–H groups in total. The number of hydrogen-bond acceptors (Lipinski definition) is 4. The van der Waals surface area contributed by atoms with Gasteiger partial charge in [-0.1, -0.05) is 19.9 Å². The molecule has 0 unspecified atom stereocenters. The van der Waals surface area contributed by atoms with Gasteiger partial charge in [-0.25, -0.2) is 0 Å². The lowest BCUT2D eigenvalue weighted by Gasteiger charge is -2.36. The van der Waals surface area contributed by atoms with Gasteiger partial charge in [0.2, 0.25) is 0 Å². The van der Waals surface area contributed by atoms with Gasteiger partial charge >= 0.3 is 0 Å². The second kappa shape index (κ2) is 5.13. The molecule has 2 aromatic rings. The van der Waals surface area contributed by atoms with Crippen LogP contribution < -0.4 is 0 Å². The van der Waals surface area contributed by atoms with Crippen molar-refractivity contribution in [2.24, 2.45) is 11.8 Å². The van der Waals surface area contributed by atoms with E-state index >= 15 is 0 Å². The topological polar surface area (TPSA) is 80.9 Å². The minimum absolute atomic E-state index is 0.00301. The maximum absolute atomic E-state index is 9.85. The van der Waals surface area contributed by atoms with Crippen LogP contribution in [0.2, 0.25) is 0 Å². The van der Waals surface area contributed by atoms with Crippen LogP contribution in [0.3, 0.4) is 0 Å². The summed E-state index contributed by atoms with van der Waals surface area (Å²) in [6.45, 7) is 4.30. The monoisotopic (exact) mass is 300 g/mol. The van der Waals surface area contributed by atoms with Crippen LogP contribution in [0.4, 0.5) is 0 Å². The summed E-state index contributed by atoms with van der Waals surface area (Å²) in [6.07, 6.45) is 0.838. The first-order valence-corrected chi connectivity index (χ1v) is 7.45. The molecule has 3 rings (SSSR count). The number of phenolic OH excluding ortho intramolecular Hbond substituents is 4. The molecule has 0 aromatic heterocycles. The van der Waals surface area contributed by atoms with Crippen LogP contribution in [-0.2, 0) is 6.42 Å². The first-order chi connectivity index (χ1) is 10.4. The number of aromatic hydroxyl groups is 4. The Morgan fingerprint density at radius 1 is 0.818 bits per heavy atom. The average Bonchev–Trinajstić information content (AvgIpc) is 2.46. The summed E-state index contributed by atoms with van der Waals surface area (Å²) in [7, 11) is 0. The Hall–Kier alpha value is -2.36. The lowest BCUT2D eigenvalue weighted by Crippen LogP contribution is -2.26. The molecular formula is C18H20O4. The van der Waals surface area contributed by atoms with Crippen molar-refractivity contribution in [2.45, 2.75) is 26.2 Å². The molecule has 0 fully saturated rings. The second-order valence-corrected chi connectivity index (χ2v) is 6.31. The van der Waals surface area contributed by atoms with Crippen molar-refractivity contribution in [3.8, 4) is 23.0 Å². The van der Waals surface area contributed by atoms with Gasteiger partial charge in [-0.3, -0.25) is 0 Å². The van der Waals surface area contributed by atoms with E-state index in [1.54, 1.807) is 24.3 Å². The van der Waals surface area contributed by atoms with E-state index in [1.165, 1.54) is 6.07 Å². The van der Waals surface area contributed by atoms with E-state index in [1.807, 2.05) is 0 Å². The molecule has 0 aliphatic heterocycles. The highest BCUT2D eigenvalue weighted by Crippen LogP contribution is 2.47. The Bertz CT molecular complexity index is 723. The van der Waals surface area contributed by atoms with Gasteiger partial charge in [0.25, 0.3) is 0 Å². The Morgan fingerprint density at radius 2 is 1.45 bits per heavy atom. The minimum Gasteiger partial charge on any atom is -0.504 e. The molecule has 0 saturated carbocycles. The van der Waals surface area contributed by atoms with E-state index in [0.717, 1.165) is 23.1 Å².